The number of rotatable bonds is 3. The van der Waals surface area contributed by atoms with Gasteiger partial charge in [0, 0.05) is 25.1 Å². The average Bonchev–Trinajstić information content (AvgIpc) is 2.82. The molecule has 2 heterocycles. The molecule has 0 radical (unpaired) electrons. The molecule has 19 heavy (non-hydrogen) atoms. The van der Waals surface area contributed by atoms with Crippen molar-refractivity contribution in [1.82, 2.24) is 14.4 Å². The number of fused-ring (bicyclic) bond motifs is 1. The van der Waals surface area contributed by atoms with Gasteiger partial charge in [-0.3, -0.25) is 9.38 Å². The Morgan fingerprint density at radius 1 is 1.26 bits per heavy atom. The Bertz CT molecular complexity index is 702. The Hall–Kier alpha value is -2.36. The van der Waals surface area contributed by atoms with Gasteiger partial charge in [-0.25, -0.2) is 4.98 Å². The second kappa shape index (κ2) is 4.72. The van der Waals surface area contributed by atoms with E-state index in [2.05, 4.69) is 57.5 Å². The minimum absolute atomic E-state index is 0.814. The minimum atomic E-state index is 0.814. The van der Waals surface area contributed by atoms with E-state index in [4.69, 9.17) is 0 Å². The highest BCUT2D eigenvalue weighted by Gasteiger charge is 2.07. The van der Waals surface area contributed by atoms with Crippen molar-refractivity contribution in [1.29, 1.82) is 0 Å². The van der Waals surface area contributed by atoms with Gasteiger partial charge in [-0.1, -0.05) is 12.1 Å². The van der Waals surface area contributed by atoms with E-state index in [0.717, 1.165) is 17.9 Å². The SMILES string of the molecule is Cc1cccc(N(C)Cc2cnc3cnccn23)c1. The summed E-state index contributed by atoms with van der Waals surface area (Å²) in [5, 5.41) is 0. The first-order valence-corrected chi connectivity index (χ1v) is 6.28. The topological polar surface area (TPSA) is 33.4 Å². The zero-order valence-corrected chi connectivity index (χ0v) is 11.1. The molecule has 0 aliphatic heterocycles. The molecular formula is C15H16N4. The van der Waals surface area contributed by atoms with Gasteiger partial charge < -0.3 is 4.90 Å². The first-order chi connectivity index (χ1) is 9.24. The molecular weight excluding hydrogens is 236 g/mol. The van der Waals surface area contributed by atoms with E-state index in [1.807, 2.05) is 12.4 Å². The Balaban J connectivity index is 1.89. The van der Waals surface area contributed by atoms with Gasteiger partial charge in [-0.2, -0.15) is 0 Å². The van der Waals surface area contributed by atoms with Gasteiger partial charge in [0.1, 0.15) is 0 Å². The number of aromatic nitrogens is 3. The summed E-state index contributed by atoms with van der Waals surface area (Å²) in [5.74, 6) is 0. The fourth-order valence-electron chi connectivity index (χ4n) is 2.21. The van der Waals surface area contributed by atoms with E-state index in [9.17, 15) is 0 Å². The summed E-state index contributed by atoms with van der Waals surface area (Å²) in [6, 6.07) is 8.50. The van der Waals surface area contributed by atoms with E-state index in [1.54, 1.807) is 12.4 Å². The van der Waals surface area contributed by atoms with Crippen LogP contribution in [0.5, 0.6) is 0 Å². The van der Waals surface area contributed by atoms with E-state index in [0.29, 0.717) is 0 Å². The average molecular weight is 252 g/mol. The molecule has 0 aliphatic rings. The molecule has 0 unspecified atom stereocenters. The van der Waals surface area contributed by atoms with E-state index in [-0.39, 0.29) is 0 Å². The van der Waals surface area contributed by atoms with Crippen molar-refractivity contribution in [2.45, 2.75) is 13.5 Å². The van der Waals surface area contributed by atoms with Crippen molar-refractivity contribution < 1.29 is 0 Å². The maximum absolute atomic E-state index is 4.36. The van der Waals surface area contributed by atoms with E-state index < -0.39 is 0 Å². The molecule has 0 aliphatic carbocycles. The lowest BCUT2D eigenvalue weighted by molar-refractivity contribution is 0.867. The summed E-state index contributed by atoms with van der Waals surface area (Å²) in [5.41, 5.74) is 4.52. The predicted molar refractivity (Wildman–Crippen MR) is 76.3 cm³/mol. The third-order valence-corrected chi connectivity index (χ3v) is 3.24. The van der Waals surface area contributed by atoms with E-state index >= 15 is 0 Å². The van der Waals surface area contributed by atoms with Crippen molar-refractivity contribution in [3.05, 3.63) is 60.3 Å². The largest absolute Gasteiger partial charge is 0.369 e. The highest BCUT2D eigenvalue weighted by atomic mass is 15.1. The van der Waals surface area contributed by atoms with Crippen molar-refractivity contribution in [3.8, 4) is 0 Å². The Labute approximate surface area is 112 Å². The predicted octanol–water partition coefficient (Wildman–Crippen LogP) is 2.67. The lowest BCUT2D eigenvalue weighted by Gasteiger charge is -2.19. The molecule has 4 nitrogen and oxygen atoms in total. The highest BCUT2D eigenvalue weighted by molar-refractivity contribution is 5.48. The summed E-state index contributed by atoms with van der Waals surface area (Å²) in [6.07, 6.45) is 7.41. The highest BCUT2D eigenvalue weighted by Crippen LogP contribution is 2.17. The first-order valence-electron chi connectivity index (χ1n) is 6.28. The number of hydrogen-bond acceptors (Lipinski definition) is 3. The molecule has 1 aromatic carbocycles. The fraction of sp³-hybridized carbons (Fsp3) is 0.200. The number of hydrogen-bond donors (Lipinski definition) is 0. The van der Waals surface area contributed by atoms with Gasteiger partial charge in [0.05, 0.1) is 24.6 Å². The summed E-state index contributed by atoms with van der Waals surface area (Å²) >= 11 is 0. The van der Waals surface area contributed by atoms with Gasteiger partial charge in [-0.15, -0.1) is 0 Å². The smallest absolute Gasteiger partial charge is 0.155 e. The van der Waals surface area contributed by atoms with Gasteiger partial charge >= 0.3 is 0 Å². The molecule has 96 valence electrons. The van der Waals surface area contributed by atoms with Crippen molar-refractivity contribution >= 4 is 11.3 Å². The number of imidazole rings is 1. The molecule has 0 atom stereocenters. The number of benzene rings is 1. The normalized spacial score (nSPS) is 10.8. The number of aryl methyl sites for hydroxylation is 1. The van der Waals surface area contributed by atoms with Crippen molar-refractivity contribution in [2.24, 2.45) is 0 Å². The molecule has 2 aromatic heterocycles. The third kappa shape index (κ3) is 2.29. The van der Waals surface area contributed by atoms with Crippen LogP contribution in [-0.4, -0.2) is 21.4 Å². The number of nitrogens with zero attached hydrogens (tertiary/aromatic N) is 4. The Morgan fingerprint density at radius 3 is 3.00 bits per heavy atom. The molecule has 0 fully saturated rings. The zero-order chi connectivity index (χ0) is 13.2. The molecule has 0 saturated carbocycles. The van der Waals surface area contributed by atoms with Gasteiger partial charge in [0.15, 0.2) is 5.65 Å². The van der Waals surface area contributed by atoms with Crippen LogP contribution in [0, 0.1) is 6.92 Å². The van der Waals surface area contributed by atoms with Gasteiger partial charge in [0.25, 0.3) is 0 Å². The van der Waals surface area contributed by atoms with Crippen molar-refractivity contribution in [3.63, 3.8) is 0 Å². The summed E-state index contributed by atoms with van der Waals surface area (Å²) in [7, 11) is 2.09. The quantitative estimate of drug-likeness (QED) is 0.718. The molecule has 4 heteroatoms. The lowest BCUT2D eigenvalue weighted by atomic mass is 10.2. The second-order valence-corrected chi connectivity index (χ2v) is 4.75. The summed E-state index contributed by atoms with van der Waals surface area (Å²) < 4.78 is 2.07. The third-order valence-electron chi connectivity index (χ3n) is 3.24. The molecule has 0 bridgehead atoms. The van der Waals surface area contributed by atoms with Crippen LogP contribution in [0.2, 0.25) is 0 Å². The van der Waals surface area contributed by atoms with Crippen molar-refractivity contribution in [2.75, 3.05) is 11.9 Å². The molecule has 0 saturated heterocycles. The van der Waals surface area contributed by atoms with Crippen LogP contribution < -0.4 is 4.90 Å². The van der Waals surface area contributed by atoms with Crippen LogP contribution in [0.15, 0.2) is 49.1 Å². The Morgan fingerprint density at radius 2 is 2.16 bits per heavy atom. The Kier molecular flexibility index (Phi) is 2.91. The second-order valence-electron chi connectivity index (χ2n) is 4.75. The first kappa shape index (κ1) is 11.7. The molecule has 0 N–H and O–H groups in total. The standard InChI is InChI=1S/C15H16N4/c1-12-4-3-5-13(8-12)18(2)11-14-9-17-15-10-16-6-7-19(14)15/h3-10H,11H2,1-2H3. The van der Waals surface area contributed by atoms with Gasteiger partial charge in [0.2, 0.25) is 0 Å². The lowest BCUT2D eigenvalue weighted by Crippen LogP contribution is -2.17. The van der Waals surface area contributed by atoms with Crippen LogP contribution in [0.4, 0.5) is 5.69 Å². The van der Waals surface area contributed by atoms with E-state index in [1.165, 1.54) is 11.3 Å². The molecule has 0 spiro atoms. The summed E-state index contributed by atoms with van der Waals surface area (Å²) in [6.45, 7) is 2.92. The number of anilines is 1. The van der Waals surface area contributed by atoms with Crippen LogP contribution >= 0.6 is 0 Å². The van der Waals surface area contributed by atoms with Crippen LogP contribution in [0.3, 0.4) is 0 Å². The maximum Gasteiger partial charge on any atom is 0.155 e. The van der Waals surface area contributed by atoms with Crippen LogP contribution in [-0.2, 0) is 6.54 Å². The molecule has 3 aromatic rings. The molecule has 3 rings (SSSR count). The van der Waals surface area contributed by atoms with Crippen LogP contribution in [0.25, 0.3) is 5.65 Å². The zero-order valence-electron chi connectivity index (χ0n) is 11.1. The fourth-order valence-corrected chi connectivity index (χ4v) is 2.21. The van der Waals surface area contributed by atoms with Crippen LogP contribution in [0.1, 0.15) is 11.3 Å². The monoisotopic (exact) mass is 252 g/mol. The minimum Gasteiger partial charge on any atom is -0.369 e. The molecule has 0 amide bonds. The maximum atomic E-state index is 4.36. The van der Waals surface area contributed by atoms with Gasteiger partial charge in [-0.05, 0) is 24.6 Å². The summed E-state index contributed by atoms with van der Waals surface area (Å²) in [4.78, 5) is 10.7.